The number of rotatable bonds is 2. The van der Waals surface area contributed by atoms with E-state index in [1.807, 2.05) is 25.1 Å². The third-order valence-electron chi connectivity index (χ3n) is 3.82. The molecule has 102 valence electrons. The minimum atomic E-state index is 0.0379. The zero-order valence-electron chi connectivity index (χ0n) is 11.3. The van der Waals surface area contributed by atoms with Crippen molar-refractivity contribution in [3.63, 3.8) is 0 Å². The van der Waals surface area contributed by atoms with Crippen molar-refractivity contribution in [2.24, 2.45) is 0 Å². The Bertz CT molecular complexity index is 641. The van der Waals surface area contributed by atoms with E-state index in [0.29, 0.717) is 0 Å². The third kappa shape index (κ3) is 2.59. The predicted molar refractivity (Wildman–Crippen MR) is 89.0 cm³/mol. The number of carbonyl (C=O) groups excluding carboxylic acids is 1. The van der Waals surface area contributed by atoms with Crippen LogP contribution in [0.15, 0.2) is 42.5 Å². The Balaban J connectivity index is 1.74. The van der Waals surface area contributed by atoms with Gasteiger partial charge in [0.2, 0.25) is 0 Å². The van der Waals surface area contributed by atoms with E-state index in [9.17, 15) is 4.79 Å². The van der Waals surface area contributed by atoms with Crippen molar-refractivity contribution in [1.29, 1.82) is 0 Å². The van der Waals surface area contributed by atoms with Gasteiger partial charge in [0.05, 0.1) is 5.56 Å². The fourth-order valence-electron chi connectivity index (χ4n) is 2.75. The Labute approximate surface area is 132 Å². The van der Waals surface area contributed by atoms with E-state index in [0.717, 1.165) is 27.5 Å². The Morgan fingerprint density at radius 3 is 2.40 bits per heavy atom. The molecule has 0 radical (unpaired) electrons. The van der Waals surface area contributed by atoms with E-state index in [4.69, 9.17) is 0 Å². The molecule has 0 saturated heterocycles. The zero-order chi connectivity index (χ0) is 14.1. The Morgan fingerprint density at radius 1 is 1.10 bits per heavy atom. The molecule has 3 rings (SSSR count). The number of hydrogen-bond acceptors (Lipinski definition) is 1. The maximum absolute atomic E-state index is 12.4. The van der Waals surface area contributed by atoms with Crippen LogP contribution in [0.2, 0.25) is 0 Å². The summed E-state index contributed by atoms with van der Waals surface area (Å²) in [5.41, 5.74) is 4.64. The van der Waals surface area contributed by atoms with Gasteiger partial charge in [-0.25, -0.2) is 0 Å². The first-order valence-electron chi connectivity index (χ1n) is 6.78. The van der Waals surface area contributed by atoms with Crippen LogP contribution in [0.1, 0.15) is 27.0 Å². The number of nitrogens with one attached hydrogen (secondary N) is 1. The van der Waals surface area contributed by atoms with E-state index in [1.165, 1.54) is 11.1 Å². The first kappa shape index (κ1) is 13.6. The minimum Gasteiger partial charge on any atom is -0.349 e. The molecule has 2 aromatic carbocycles. The molecule has 0 heterocycles. The summed E-state index contributed by atoms with van der Waals surface area (Å²) in [5, 5.41) is 3.17. The smallest absolute Gasteiger partial charge is 0.252 e. The summed E-state index contributed by atoms with van der Waals surface area (Å²) in [6, 6.07) is 14.5. The molecule has 0 aliphatic heterocycles. The second kappa shape index (κ2) is 5.56. The van der Waals surface area contributed by atoms with Crippen LogP contribution in [-0.2, 0) is 12.8 Å². The van der Waals surface area contributed by atoms with Crippen molar-refractivity contribution < 1.29 is 4.79 Å². The molecular formula is C17H16INO. The fourth-order valence-corrected chi connectivity index (χ4v) is 3.35. The zero-order valence-corrected chi connectivity index (χ0v) is 13.5. The highest BCUT2D eigenvalue weighted by Crippen LogP contribution is 2.22. The van der Waals surface area contributed by atoms with Crippen LogP contribution in [0.25, 0.3) is 0 Å². The van der Waals surface area contributed by atoms with Crippen LogP contribution in [0.3, 0.4) is 0 Å². The molecule has 0 aromatic heterocycles. The summed E-state index contributed by atoms with van der Waals surface area (Å²) >= 11 is 2.25. The van der Waals surface area contributed by atoms with Crippen LogP contribution < -0.4 is 5.32 Å². The average molecular weight is 377 g/mol. The highest BCUT2D eigenvalue weighted by Gasteiger charge is 2.23. The van der Waals surface area contributed by atoms with Gasteiger partial charge in [0.1, 0.15) is 0 Å². The first-order valence-corrected chi connectivity index (χ1v) is 7.86. The molecule has 1 aliphatic rings. The lowest BCUT2D eigenvalue weighted by molar-refractivity contribution is 0.0937. The molecule has 1 aliphatic carbocycles. The van der Waals surface area contributed by atoms with Gasteiger partial charge in [-0.3, -0.25) is 4.79 Å². The second-order valence-corrected chi connectivity index (χ2v) is 6.36. The van der Waals surface area contributed by atoms with E-state index >= 15 is 0 Å². The van der Waals surface area contributed by atoms with Crippen molar-refractivity contribution >= 4 is 28.5 Å². The molecule has 3 heteroatoms. The standard InChI is InChI=1S/C17H16INO/c1-11-5-4-8-15(16(11)18)17(20)19-14-9-12-6-2-3-7-13(12)10-14/h2-8,14H,9-10H2,1H3,(H,19,20). The van der Waals surface area contributed by atoms with E-state index in [2.05, 4.69) is 52.2 Å². The highest BCUT2D eigenvalue weighted by molar-refractivity contribution is 14.1. The van der Waals surface area contributed by atoms with Crippen LogP contribution in [0.5, 0.6) is 0 Å². The Hall–Kier alpha value is -1.36. The number of aryl methyl sites for hydroxylation is 1. The van der Waals surface area contributed by atoms with Gasteiger partial charge < -0.3 is 5.32 Å². The van der Waals surface area contributed by atoms with E-state index in [1.54, 1.807) is 0 Å². The minimum absolute atomic E-state index is 0.0379. The van der Waals surface area contributed by atoms with Gasteiger partial charge in [-0.15, -0.1) is 0 Å². The number of benzene rings is 2. The second-order valence-electron chi connectivity index (χ2n) is 5.28. The molecule has 0 fully saturated rings. The molecular weight excluding hydrogens is 361 g/mol. The Kier molecular flexibility index (Phi) is 3.78. The molecule has 0 bridgehead atoms. The molecule has 0 unspecified atom stereocenters. The van der Waals surface area contributed by atoms with Crippen LogP contribution in [-0.4, -0.2) is 11.9 Å². The maximum atomic E-state index is 12.4. The van der Waals surface area contributed by atoms with Crippen molar-refractivity contribution in [2.45, 2.75) is 25.8 Å². The Morgan fingerprint density at radius 2 is 1.75 bits per heavy atom. The normalized spacial score (nSPS) is 14.1. The lowest BCUT2D eigenvalue weighted by Gasteiger charge is -2.13. The quantitative estimate of drug-likeness (QED) is 0.798. The summed E-state index contributed by atoms with van der Waals surface area (Å²) < 4.78 is 1.04. The number of halogens is 1. The lowest BCUT2D eigenvalue weighted by Crippen LogP contribution is -2.35. The number of hydrogen-bond donors (Lipinski definition) is 1. The molecule has 1 amide bonds. The van der Waals surface area contributed by atoms with Crippen LogP contribution >= 0.6 is 22.6 Å². The van der Waals surface area contributed by atoms with Gasteiger partial charge in [0, 0.05) is 9.61 Å². The van der Waals surface area contributed by atoms with Crippen molar-refractivity contribution in [2.75, 3.05) is 0 Å². The van der Waals surface area contributed by atoms with E-state index in [-0.39, 0.29) is 11.9 Å². The number of amides is 1. The molecule has 0 atom stereocenters. The van der Waals surface area contributed by atoms with Gasteiger partial charge in [0.15, 0.2) is 0 Å². The van der Waals surface area contributed by atoms with Crippen molar-refractivity contribution in [1.82, 2.24) is 5.32 Å². The summed E-state index contributed by atoms with van der Waals surface area (Å²) in [6.45, 7) is 2.03. The van der Waals surface area contributed by atoms with Crippen molar-refractivity contribution in [3.8, 4) is 0 Å². The summed E-state index contributed by atoms with van der Waals surface area (Å²) in [6.07, 6.45) is 1.87. The summed E-state index contributed by atoms with van der Waals surface area (Å²) in [7, 11) is 0. The monoisotopic (exact) mass is 377 g/mol. The first-order chi connectivity index (χ1) is 9.65. The lowest BCUT2D eigenvalue weighted by atomic mass is 10.1. The summed E-state index contributed by atoms with van der Waals surface area (Å²) in [4.78, 5) is 12.4. The molecule has 0 saturated carbocycles. The topological polar surface area (TPSA) is 29.1 Å². The van der Waals surface area contributed by atoms with Gasteiger partial charge in [0.25, 0.3) is 5.91 Å². The van der Waals surface area contributed by atoms with E-state index < -0.39 is 0 Å². The number of carbonyl (C=O) groups is 1. The van der Waals surface area contributed by atoms with Crippen LogP contribution in [0, 0.1) is 10.5 Å². The molecule has 0 spiro atoms. The largest absolute Gasteiger partial charge is 0.349 e. The summed E-state index contributed by atoms with van der Waals surface area (Å²) in [5.74, 6) is 0.0379. The SMILES string of the molecule is Cc1cccc(C(=O)NC2Cc3ccccc3C2)c1I. The third-order valence-corrected chi connectivity index (χ3v) is 5.25. The van der Waals surface area contributed by atoms with Crippen molar-refractivity contribution in [3.05, 3.63) is 68.3 Å². The molecule has 2 aromatic rings. The predicted octanol–water partition coefficient (Wildman–Crippen LogP) is 3.50. The fraction of sp³-hybridized carbons (Fsp3) is 0.235. The average Bonchev–Trinajstić information content (AvgIpc) is 2.83. The van der Waals surface area contributed by atoms with Gasteiger partial charge in [-0.1, -0.05) is 36.4 Å². The van der Waals surface area contributed by atoms with Crippen LogP contribution in [0.4, 0.5) is 0 Å². The maximum Gasteiger partial charge on any atom is 0.252 e. The molecule has 2 nitrogen and oxygen atoms in total. The molecule has 20 heavy (non-hydrogen) atoms. The number of fused-ring (bicyclic) bond motifs is 1. The van der Waals surface area contributed by atoms with Gasteiger partial charge in [-0.05, 0) is 65.1 Å². The van der Waals surface area contributed by atoms with Gasteiger partial charge >= 0.3 is 0 Å². The molecule has 1 N–H and O–H groups in total. The van der Waals surface area contributed by atoms with Gasteiger partial charge in [-0.2, -0.15) is 0 Å². The highest BCUT2D eigenvalue weighted by atomic mass is 127.